The first-order valence-electron chi connectivity index (χ1n) is 9.26. The smallest absolute Gasteiger partial charge is 0.257 e. The van der Waals surface area contributed by atoms with Gasteiger partial charge >= 0.3 is 0 Å². The molecule has 1 aliphatic rings. The molecule has 6 nitrogen and oxygen atoms in total. The number of para-hydroxylation sites is 2. The van der Waals surface area contributed by atoms with Crippen molar-refractivity contribution in [2.24, 2.45) is 0 Å². The van der Waals surface area contributed by atoms with Gasteiger partial charge < -0.3 is 24.0 Å². The Kier molecular flexibility index (Phi) is 6.67. The average molecular weight is 449 g/mol. The average Bonchev–Trinajstić information content (AvgIpc) is 2.73. The van der Waals surface area contributed by atoms with E-state index < -0.39 is 0 Å². The summed E-state index contributed by atoms with van der Waals surface area (Å²) in [5, 5.41) is 0. The Morgan fingerprint density at radius 2 is 1.79 bits per heavy atom. The normalized spacial score (nSPS) is 14.0. The molecule has 2 aromatic rings. The maximum Gasteiger partial charge on any atom is 0.257 e. The molecule has 0 radical (unpaired) electrons. The second-order valence-corrected chi connectivity index (χ2v) is 7.22. The lowest BCUT2D eigenvalue weighted by Crippen LogP contribution is -2.49. The maximum atomic E-state index is 13.1. The van der Waals surface area contributed by atoms with Crippen LogP contribution in [0.5, 0.6) is 17.2 Å². The lowest BCUT2D eigenvalue weighted by molar-refractivity contribution is 0.0742. The van der Waals surface area contributed by atoms with Gasteiger partial charge in [0, 0.05) is 26.2 Å². The van der Waals surface area contributed by atoms with Crippen LogP contribution in [-0.4, -0.2) is 57.8 Å². The molecule has 1 saturated heterocycles. The van der Waals surface area contributed by atoms with Crippen molar-refractivity contribution in [2.45, 2.75) is 6.92 Å². The monoisotopic (exact) mass is 448 g/mol. The predicted octanol–water partition coefficient (Wildman–Crippen LogP) is 3.83. The third kappa shape index (κ3) is 4.19. The van der Waals surface area contributed by atoms with Gasteiger partial charge in [-0.05, 0) is 47.1 Å². The fourth-order valence-electron chi connectivity index (χ4n) is 3.37. The Labute approximate surface area is 174 Å². The van der Waals surface area contributed by atoms with E-state index in [1.165, 1.54) is 0 Å². The molecule has 1 heterocycles. The summed E-state index contributed by atoms with van der Waals surface area (Å²) < 4.78 is 17.2. The van der Waals surface area contributed by atoms with Gasteiger partial charge in [-0.15, -0.1) is 0 Å². The van der Waals surface area contributed by atoms with Crippen LogP contribution in [0.3, 0.4) is 0 Å². The van der Waals surface area contributed by atoms with Gasteiger partial charge in [0.2, 0.25) is 0 Å². The summed E-state index contributed by atoms with van der Waals surface area (Å²) in [7, 11) is 3.14. The van der Waals surface area contributed by atoms with Gasteiger partial charge in [-0.1, -0.05) is 12.1 Å². The summed E-state index contributed by atoms with van der Waals surface area (Å²) in [4.78, 5) is 17.2. The van der Waals surface area contributed by atoms with Crippen molar-refractivity contribution in [1.82, 2.24) is 4.90 Å². The number of piperazine rings is 1. The van der Waals surface area contributed by atoms with Crippen LogP contribution in [0.4, 0.5) is 5.69 Å². The van der Waals surface area contributed by atoms with Gasteiger partial charge in [0.05, 0.1) is 36.6 Å². The van der Waals surface area contributed by atoms with E-state index in [9.17, 15) is 4.79 Å². The molecule has 150 valence electrons. The van der Waals surface area contributed by atoms with E-state index in [2.05, 4.69) is 26.9 Å². The Hall–Kier alpha value is -2.41. The fraction of sp³-hybridized carbons (Fsp3) is 0.381. The molecule has 1 amide bonds. The van der Waals surface area contributed by atoms with E-state index >= 15 is 0 Å². The minimum atomic E-state index is -0.0609. The first-order valence-corrected chi connectivity index (χ1v) is 10.1. The van der Waals surface area contributed by atoms with Gasteiger partial charge in [-0.3, -0.25) is 4.79 Å². The number of hydrogen-bond acceptors (Lipinski definition) is 5. The summed E-state index contributed by atoms with van der Waals surface area (Å²) in [5.41, 5.74) is 1.56. The molecule has 0 aromatic heterocycles. The molecule has 0 N–H and O–H groups in total. The van der Waals surface area contributed by atoms with Crippen LogP contribution in [0.15, 0.2) is 40.9 Å². The standard InChI is InChI=1S/C21H25BrN2O4/c1-4-28-19-8-6-5-7-18(19)23-9-11-24(12-10-23)21(25)16-13-15(26-2)14-17(22)20(16)27-3/h5-8,13-14H,4,9-12H2,1-3H3. The van der Waals surface area contributed by atoms with Crippen molar-refractivity contribution in [2.75, 3.05) is 51.9 Å². The molecule has 28 heavy (non-hydrogen) atoms. The highest BCUT2D eigenvalue weighted by Crippen LogP contribution is 2.35. The molecule has 0 unspecified atom stereocenters. The van der Waals surface area contributed by atoms with E-state index in [0.29, 0.717) is 41.2 Å². The number of benzene rings is 2. The van der Waals surface area contributed by atoms with Crippen molar-refractivity contribution >= 4 is 27.5 Å². The Balaban J connectivity index is 1.75. The topological polar surface area (TPSA) is 51.2 Å². The molecule has 2 aromatic carbocycles. The number of methoxy groups -OCH3 is 2. The highest BCUT2D eigenvalue weighted by atomic mass is 79.9. The second-order valence-electron chi connectivity index (χ2n) is 6.37. The van der Waals surface area contributed by atoms with Crippen molar-refractivity contribution in [3.8, 4) is 17.2 Å². The predicted molar refractivity (Wildman–Crippen MR) is 113 cm³/mol. The van der Waals surface area contributed by atoms with Gasteiger partial charge in [0.25, 0.3) is 5.91 Å². The van der Waals surface area contributed by atoms with Crippen LogP contribution in [0.2, 0.25) is 0 Å². The van der Waals surface area contributed by atoms with E-state index in [0.717, 1.165) is 24.5 Å². The number of hydrogen-bond donors (Lipinski definition) is 0. The SMILES string of the molecule is CCOc1ccccc1N1CCN(C(=O)c2cc(OC)cc(Br)c2OC)CC1. The van der Waals surface area contributed by atoms with Crippen LogP contribution in [0, 0.1) is 0 Å². The summed E-state index contributed by atoms with van der Waals surface area (Å²) in [6, 6.07) is 11.5. The number of anilines is 1. The van der Waals surface area contributed by atoms with Gasteiger partial charge in [0.1, 0.15) is 17.2 Å². The van der Waals surface area contributed by atoms with Gasteiger partial charge in [-0.2, -0.15) is 0 Å². The number of ether oxygens (including phenoxy) is 3. The number of carbonyl (C=O) groups is 1. The van der Waals surface area contributed by atoms with E-state index in [1.807, 2.05) is 30.0 Å². The molecule has 0 aliphatic carbocycles. The Morgan fingerprint density at radius 1 is 1.07 bits per heavy atom. The number of carbonyl (C=O) groups excluding carboxylic acids is 1. The minimum Gasteiger partial charge on any atom is -0.497 e. The van der Waals surface area contributed by atoms with Crippen molar-refractivity contribution < 1.29 is 19.0 Å². The largest absolute Gasteiger partial charge is 0.497 e. The summed E-state index contributed by atoms with van der Waals surface area (Å²) in [6.07, 6.45) is 0. The van der Waals surface area contributed by atoms with Crippen LogP contribution in [-0.2, 0) is 0 Å². The highest BCUT2D eigenvalue weighted by molar-refractivity contribution is 9.10. The van der Waals surface area contributed by atoms with Crippen molar-refractivity contribution in [3.63, 3.8) is 0 Å². The molecule has 1 aliphatic heterocycles. The molecule has 0 spiro atoms. The molecule has 1 fully saturated rings. The lowest BCUT2D eigenvalue weighted by atomic mass is 10.1. The Morgan fingerprint density at radius 3 is 2.43 bits per heavy atom. The number of halogens is 1. The zero-order valence-corrected chi connectivity index (χ0v) is 18.0. The van der Waals surface area contributed by atoms with E-state index in [-0.39, 0.29) is 5.91 Å². The third-order valence-electron chi connectivity index (χ3n) is 4.76. The maximum absolute atomic E-state index is 13.1. The zero-order valence-electron chi connectivity index (χ0n) is 16.4. The minimum absolute atomic E-state index is 0.0609. The highest BCUT2D eigenvalue weighted by Gasteiger charge is 2.27. The second kappa shape index (κ2) is 9.19. The molecule has 0 atom stereocenters. The summed E-state index contributed by atoms with van der Waals surface area (Å²) in [5.74, 6) is 1.95. The molecule has 0 saturated carbocycles. The van der Waals surface area contributed by atoms with Gasteiger partial charge in [0.15, 0.2) is 0 Å². The molecular weight excluding hydrogens is 424 g/mol. The van der Waals surface area contributed by atoms with Gasteiger partial charge in [-0.25, -0.2) is 0 Å². The number of nitrogens with zero attached hydrogens (tertiary/aromatic N) is 2. The number of amides is 1. The summed E-state index contributed by atoms with van der Waals surface area (Å²) in [6.45, 7) is 5.33. The van der Waals surface area contributed by atoms with Crippen molar-refractivity contribution in [3.05, 3.63) is 46.4 Å². The first-order chi connectivity index (χ1) is 13.6. The quantitative estimate of drug-likeness (QED) is 0.671. The van der Waals surface area contributed by atoms with Crippen LogP contribution in [0.25, 0.3) is 0 Å². The number of rotatable bonds is 6. The molecule has 7 heteroatoms. The van der Waals surface area contributed by atoms with E-state index in [4.69, 9.17) is 14.2 Å². The van der Waals surface area contributed by atoms with Crippen LogP contribution < -0.4 is 19.1 Å². The molecule has 0 bridgehead atoms. The fourth-order valence-corrected chi connectivity index (χ4v) is 3.97. The molecular formula is C21H25BrN2O4. The lowest BCUT2D eigenvalue weighted by Gasteiger charge is -2.37. The Bertz CT molecular complexity index is 835. The van der Waals surface area contributed by atoms with E-state index in [1.54, 1.807) is 26.4 Å². The zero-order chi connectivity index (χ0) is 20.1. The summed E-state index contributed by atoms with van der Waals surface area (Å²) >= 11 is 3.46. The van der Waals surface area contributed by atoms with Crippen LogP contribution in [0.1, 0.15) is 17.3 Å². The third-order valence-corrected chi connectivity index (χ3v) is 5.35. The van der Waals surface area contributed by atoms with Crippen LogP contribution >= 0.6 is 15.9 Å². The molecule has 3 rings (SSSR count). The van der Waals surface area contributed by atoms with Crippen molar-refractivity contribution in [1.29, 1.82) is 0 Å². The first kappa shape index (κ1) is 20.3.